The first-order chi connectivity index (χ1) is 11.7. The predicted octanol–water partition coefficient (Wildman–Crippen LogP) is 5.61. The van der Waals surface area contributed by atoms with E-state index in [2.05, 4.69) is 17.2 Å². The molecule has 0 radical (unpaired) electrons. The monoisotopic (exact) mass is 338 g/mol. The van der Waals surface area contributed by atoms with Gasteiger partial charge in [0.15, 0.2) is 0 Å². The van der Waals surface area contributed by atoms with E-state index in [1.165, 1.54) is 89.9 Å². The molecule has 2 N–H and O–H groups in total. The third-order valence-electron chi connectivity index (χ3n) is 5.18. The topological polar surface area (TPSA) is 44.6 Å². The number of hydrogen-bond acceptors (Lipinski definition) is 3. The summed E-state index contributed by atoms with van der Waals surface area (Å²) < 4.78 is 0. The van der Waals surface area contributed by atoms with Crippen molar-refractivity contribution in [1.82, 2.24) is 5.32 Å². The van der Waals surface area contributed by atoms with Crippen LogP contribution in [0.25, 0.3) is 0 Å². The van der Waals surface area contributed by atoms with Crippen LogP contribution >= 0.6 is 0 Å². The molecule has 24 heavy (non-hydrogen) atoms. The maximum Gasteiger partial charge on any atom is 0.0967 e. The Balaban J connectivity index is 1.75. The Hall–Kier alpha value is -0.570. The van der Waals surface area contributed by atoms with E-state index in [1.807, 2.05) is 6.92 Å². The van der Waals surface area contributed by atoms with Crippen molar-refractivity contribution in [1.29, 1.82) is 0 Å². The first-order valence-corrected chi connectivity index (χ1v) is 10.7. The zero-order chi connectivity index (χ0) is 17.5. The number of aliphatic hydroxyl groups excluding tert-OH is 1. The van der Waals surface area contributed by atoms with Gasteiger partial charge in [-0.2, -0.15) is 0 Å². The van der Waals surface area contributed by atoms with E-state index in [9.17, 15) is 5.11 Å². The molecule has 0 aromatic carbocycles. The number of amidine groups is 1. The number of hydrogen-bond donors (Lipinski definition) is 2. The highest BCUT2D eigenvalue weighted by Gasteiger charge is 2.20. The summed E-state index contributed by atoms with van der Waals surface area (Å²) in [5.41, 5.74) is 0. The van der Waals surface area contributed by atoms with E-state index in [0.29, 0.717) is 0 Å². The molecule has 3 nitrogen and oxygen atoms in total. The summed E-state index contributed by atoms with van der Waals surface area (Å²) >= 11 is 0. The minimum absolute atomic E-state index is 0.145. The SMILES string of the molecule is CCCCCCCCCCCCCCCCC1=NCC(C(C)O)N1. The van der Waals surface area contributed by atoms with Gasteiger partial charge in [0.2, 0.25) is 0 Å². The highest BCUT2D eigenvalue weighted by atomic mass is 16.3. The van der Waals surface area contributed by atoms with Crippen LogP contribution in [0.5, 0.6) is 0 Å². The quantitative estimate of drug-likeness (QED) is 0.359. The average Bonchev–Trinajstić information content (AvgIpc) is 3.04. The third-order valence-corrected chi connectivity index (χ3v) is 5.18. The first-order valence-electron chi connectivity index (χ1n) is 10.7. The molecule has 1 aliphatic heterocycles. The molecule has 0 amide bonds. The van der Waals surface area contributed by atoms with Crippen molar-refractivity contribution in [3.05, 3.63) is 0 Å². The van der Waals surface area contributed by atoms with Crippen molar-refractivity contribution < 1.29 is 5.11 Å². The number of unbranched alkanes of at least 4 members (excludes halogenated alkanes) is 13. The van der Waals surface area contributed by atoms with Crippen LogP contribution in [-0.2, 0) is 0 Å². The molecule has 0 fully saturated rings. The van der Waals surface area contributed by atoms with Crippen LogP contribution in [0.1, 0.15) is 110 Å². The van der Waals surface area contributed by atoms with Gasteiger partial charge < -0.3 is 10.4 Å². The molecular weight excluding hydrogens is 296 g/mol. The highest BCUT2D eigenvalue weighted by molar-refractivity contribution is 5.84. The Morgan fingerprint density at radius 1 is 0.875 bits per heavy atom. The lowest BCUT2D eigenvalue weighted by atomic mass is 10.0. The van der Waals surface area contributed by atoms with Gasteiger partial charge in [0.25, 0.3) is 0 Å². The van der Waals surface area contributed by atoms with Crippen LogP contribution in [0, 0.1) is 0 Å². The Labute approximate surface area is 150 Å². The fraction of sp³-hybridized carbons (Fsp3) is 0.952. The highest BCUT2D eigenvalue weighted by Crippen LogP contribution is 2.14. The lowest BCUT2D eigenvalue weighted by Crippen LogP contribution is -2.38. The van der Waals surface area contributed by atoms with E-state index < -0.39 is 0 Å². The van der Waals surface area contributed by atoms with Crippen LogP contribution in [0.3, 0.4) is 0 Å². The standard InChI is InChI=1S/C21H42N2O/c1-3-4-5-6-7-8-9-10-11-12-13-14-15-16-17-21-22-18-20(23-21)19(2)24/h19-20,24H,3-18H2,1-2H3,(H,22,23). The smallest absolute Gasteiger partial charge is 0.0967 e. The van der Waals surface area contributed by atoms with E-state index in [4.69, 9.17) is 0 Å². The summed E-state index contributed by atoms with van der Waals surface area (Å²) in [5, 5.41) is 12.9. The summed E-state index contributed by atoms with van der Waals surface area (Å²) in [6.07, 6.45) is 20.4. The molecule has 0 saturated carbocycles. The fourth-order valence-electron chi connectivity index (χ4n) is 3.43. The Bertz CT molecular complexity index is 315. The van der Waals surface area contributed by atoms with Gasteiger partial charge >= 0.3 is 0 Å². The van der Waals surface area contributed by atoms with Crippen LogP contribution in [0.15, 0.2) is 4.99 Å². The number of aliphatic imine (C=N–C) groups is 1. The van der Waals surface area contributed by atoms with Gasteiger partial charge in [-0.05, 0) is 13.3 Å². The molecular formula is C21H42N2O. The van der Waals surface area contributed by atoms with Gasteiger partial charge in [0, 0.05) is 6.42 Å². The second kappa shape index (κ2) is 14.7. The van der Waals surface area contributed by atoms with Crippen molar-refractivity contribution in [2.75, 3.05) is 6.54 Å². The van der Waals surface area contributed by atoms with Crippen LogP contribution in [0.4, 0.5) is 0 Å². The van der Waals surface area contributed by atoms with Gasteiger partial charge in [0.1, 0.15) is 0 Å². The van der Waals surface area contributed by atoms with Crippen molar-refractivity contribution in [2.24, 2.45) is 4.99 Å². The number of aliphatic hydroxyl groups is 1. The lowest BCUT2D eigenvalue weighted by Gasteiger charge is -2.14. The zero-order valence-electron chi connectivity index (χ0n) is 16.4. The van der Waals surface area contributed by atoms with E-state index in [0.717, 1.165) is 18.8 Å². The first kappa shape index (κ1) is 21.5. The molecule has 0 aromatic heterocycles. The fourth-order valence-corrected chi connectivity index (χ4v) is 3.43. The second-order valence-corrected chi connectivity index (χ2v) is 7.63. The van der Waals surface area contributed by atoms with Crippen molar-refractivity contribution in [2.45, 2.75) is 122 Å². The van der Waals surface area contributed by atoms with Gasteiger partial charge in [0.05, 0.1) is 24.5 Å². The average molecular weight is 339 g/mol. The molecule has 1 rings (SSSR count). The van der Waals surface area contributed by atoms with E-state index in [-0.39, 0.29) is 12.1 Å². The maximum absolute atomic E-state index is 9.53. The van der Waals surface area contributed by atoms with E-state index >= 15 is 0 Å². The predicted molar refractivity (Wildman–Crippen MR) is 106 cm³/mol. The van der Waals surface area contributed by atoms with E-state index in [1.54, 1.807) is 0 Å². The second-order valence-electron chi connectivity index (χ2n) is 7.63. The minimum Gasteiger partial charge on any atom is -0.391 e. The molecule has 0 bridgehead atoms. The largest absolute Gasteiger partial charge is 0.391 e. The van der Waals surface area contributed by atoms with Crippen LogP contribution in [-0.4, -0.2) is 29.6 Å². The zero-order valence-corrected chi connectivity index (χ0v) is 16.4. The summed E-state index contributed by atoms with van der Waals surface area (Å²) in [6, 6.07) is 0.145. The number of nitrogens with one attached hydrogen (secondary N) is 1. The number of nitrogens with zero attached hydrogens (tertiary/aromatic N) is 1. The summed E-state index contributed by atoms with van der Waals surface area (Å²) in [7, 11) is 0. The Morgan fingerprint density at radius 3 is 1.75 bits per heavy atom. The minimum atomic E-state index is -0.303. The Kier molecular flexibility index (Phi) is 13.2. The molecule has 1 heterocycles. The molecule has 3 heteroatoms. The molecule has 0 spiro atoms. The van der Waals surface area contributed by atoms with Gasteiger partial charge in [-0.1, -0.05) is 90.4 Å². The summed E-state index contributed by atoms with van der Waals surface area (Å²) in [5.74, 6) is 1.11. The molecule has 0 saturated heterocycles. The van der Waals surface area contributed by atoms with Crippen molar-refractivity contribution in [3.8, 4) is 0 Å². The third kappa shape index (κ3) is 11.1. The summed E-state index contributed by atoms with van der Waals surface area (Å²) in [4.78, 5) is 4.48. The normalized spacial score (nSPS) is 18.5. The summed E-state index contributed by atoms with van der Waals surface area (Å²) in [6.45, 7) is 4.86. The van der Waals surface area contributed by atoms with Crippen molar-refractivity contribution >= 4 is 5.84 Å². The van der Waals surface area contributed by atoms with Gasteiger partial charge in [-0.15, -0.1) is 0 Å². The molecule has 142 valence electrons. The Morgan fingerprint density at radius 2 is 1.33 bits per heavy atom. The maximum atomic E-state index is 9.53. The van der Waals surface area contributed by atoms with Crippen LogP contribution < -0.4 is 5.32 Å². The molecule has 0 aliphatic carbocycles. The molecule has 0 aromatic rings. The molecule has 2 atom stereocenters. The van der Waals surface area contributed by atoms with Gasteiger partial charge in [-0.3, -0.25) is 4.99 Å². The lowest BCUT2D eigenvalue weighted by molar-refractivity contribution is 0.161. The van der Waals surface area contributed by atoms with Crippen LogP contribution in [0.2, 0.25) is 0 Å². The molecule has 1 aliphatic rings. The van der Waals surface area contributed by atoms with Gasteiger partial charge in [-0.25, -0.2) is 0 Å². The number of rotatable bonds is 16. The molecule has 2 unspecified atom stereocenters. The van der Waals surface area contributed by atoms with Crippen molar-refractivity contribution in [3.63, 3.8) is 0 Å².